The lowest BCUT2D eigenvalue weighted by atomic mass is 10.1. The van der Waals surface area contributed by atoms with Gasteiger partial charge in [-0.15, -0.1) is 0 Å². The van der Waals surface area contributed by atoms with Crippen LogP contribution in [0.1, 0.15) is 42.0 Å². The first kappa shape index (κ1) is 18.8. The number of halogens is 3. The zero-order valence-electron chi connectivity index (χ0n) is 14.3. The number of hydrogen-bond donors (Lipinski definition) is 1. The number of carbonyl (C=O) groups is 1. The van der Waals surface area contributed by atoms with Gasteiger partial charge in [0.1, 0.15) is 18.2 Å². The third-order valence-electron chi connectivity index (χ3n) is 3.95. The summed E-state index contributed by atoms with van der Waals surface area (Å²) in [5, 5.41) is 2.59. The van der Waals surface area contributed by atoms with E-state index in [0.717, 1.165) is 11.1 Å². The molecule has 0 aliphatic rings. The number of hydrogen-bond acceptors (Lipinski definition) is 2. The zero-order valence-corrected chi connectivity index (χ0v) is 14.3. The summed E-state index contributed by atoms with van der Waals surface area (Å²) in [5.74, 6) is -0.836. The molecule has 0 spiro atoms. The minimum atomic E-state index is -2.70. The first-order valence-corrected chi connectivity index (χ1v) is 7.92. The van der Waals surface area contributed by atoms with Gasteiger partial charge in [0.2, 0.25) is 5.91 Å². The molecule has 6 heteroatoms. The highest BCUT2D eigenvalue weighted by atomic mass is 19.3. The second-order valence-corrected chi connectivity index (χ2v) is 5.73. The molecule has 0 bridgehead atoms. The van der Waals surface area contributed by atoms with Crippen LogP contribution in [-0.2, 0) is 11.4 Å². The molecular weight excluding hydrogens is 331 g/mol. The maximum absolute atomic E-state index is 14.1. The Morgan fingerprint density at radius 2 is 1.88 bits per heavy atom. The monoisotopic (exact) mass is 351 g/mol. The average molecular weight is 351 g/mol. The Hall–Kier alpha value is -2.50. The fourth-order valence-corrected chi connectivity index (χ4v) is 2.32. The van der Waals surface area contributed by atoms with E-state index in [9.17, 15) is 18.0 Å². The third kappa shape index (κ3) is 4.53. The first-order chi connectivity index (χ1) is 11.8. The summed E-state index contributed by atoms with van der Waals surface area (Å²) in [6.07, 6.45) is -2.46. The fraction of sp³-hybridized carbons (Fsp3) is 0.316. The van der Waals surface area contributed by atoms with Crippen molar-refractivity contribution in [3.63, 3.8) is 0 Å². The van der Waals surface area contributed by atoms with Crippen molar-refractivity contribution in [2.24, 2.45) is 0 Å². The minimum Gasteiger partial charge on any atom is -0.488 e. The van der Waals surface area contributed by atoms with E-state index in [0.29, 0.717) is 0 Å². The number of benzene rings is 2. The summed E-state index contributed by atoms with van der Waals surface area (Å²) in [4.78, 5) is 11.6. The van der Waals surface area contributed by atoms with E-state index in [1.54, 1.807) is 26.8 Å². The number of amides is 1. The van der Waals surface area contributed by atoms with Gasteiger partial charge in [-0.2, -0.15) is 0 Å². The molecule has 0 heterocycles. The molecule has 0 aromatic heterocycles. The molecule has 25 heavy (non-hydrogen) atoms. The van der Waals surface area contributed by atoms with Crippen LogP contribution in [0.5, 0.6) is 5.75 Å². The van der Waals surface area contributed by atoms with Gasteiger partial charge in [0.15, 0.2) is 0 Å². The topological polar surface area (TPSA) is 38.3 Å². The molecular formula is C19H20F3NO2. The summed E-state index contributed by atoms with van der Waals surface area (Å²) < 4.78 is 46.1. The standard InChI is InChI=1S/C19H20F3NO2/c1-4-18(24)23-16-7-5-6-15(20)14(16)10-25-17-9-12(3)11(2)8-13(17)19(21)22/h5-9,19H,4,10H2,1-3H3,(H,23,24). The second-order valence-electron chi connectivity index (χ2n) is 5.73. The van der Waals surface area contributed by atoms with Gasteiger partial charge in [0.05, 0.1) is 11.3 Å². The number of aryl methyl sites for hydroxylation is 2. The summed E-state index contributed by atoms with van der Waals surface area (Å²) in [6, 6.07) is 7.13. The summed E-state index contributed by atoms with van der Waals surface area (Å²) in [6.45, 7) is 4.93. The molecule has 3 nitrogen and oxygen atoms in total. The van der Waals surface area contributed by atoms with Gasteiger partial charge in [0.25, 0.3) is 6.43 Å². The minimum absolute atomic E-state index is 0.00845. The molecule has 0 saturated carbocycles. The predicted molar refractivity (Wildman–Crippen MR) is 90.5 cm³/mol. The Kier molecular flexibility index (Phi) is 6.07. The van der Waals surface area contributed by atoms with Crippen LogP contribution in [0.25, 0.3) is 0 Å². The van der Waals surface area contributed by atoms with E-state index < -0.39 is 12.2 Å². The van der Waals surface area contributed by atoms with Crippen molar-refractivity contribution >= 4 is 11.6 Å². The molecule has 2 aromatic rings. The number of nitrogens with one attached hydrogen (secondary N) is 1. The normalized spacial score (nSPS) is 10.8. The molecule has 1 N–H and O–H groups in total. The van der Waals surface area contributed by atoms with Gasteiger partial charge in [-0.05, 0) is 49.2 Å². The van der Waals surface area contributed by atoms with Crippen LogP contribution in [0.4, 0.5) is 18.9 Å². The third-order valence-corrected chi connectivity index (χ3v) is 3.95. The summed E-state index contributed by atoms with van der Waals surface area (Å²) in [5.41, 5.74) is 1.67. The summed E-state index contributed by atoms with van der Waals surface area (Å²) >= 11 is 0. The zero-order chi connectivity index (χ0) is 18.6. The maximum Gasteiger partial charge on any atom is 0.267 e. The van der Waals surface area contributed by atoms with Gasteiger partial charge >= 0.3 is 0 Å². The van der Waals surface area contributed by atoms with Crippen LogP contribution in [0.3, 0.4) is 0 Å². The van der Waals surface area contributed by atoms with Crippen molar-refractivity contribution in [2.75, 3.05) is 5.32 Å². The van der Waals surface area contributed by atoms with E-state index in [1.165, 1.54) is 24.3 Å². The largest absolute Gasteiger partial charge is 0.488 e. The maximum atomic E-state index is 14.1. The SMILES string of the molecule is CCC(=O)Nc1cccc(F)c1COc1cc(C)c(C)cc1C(F)F. The Bertz CT molecular complexity index is 776. The van der Waals surface area contributed by atoms with Crippen molar-refractivity contribution in [1.82, 2.24) is 0 Å². The van der Waals surface area contributed by atoms with Crippen LogP contribution in [0, 0.1) is 19.7 Å². The molecule has 134 valence electrons. The molecule has 0 radical (unpaired) electrons. The lowest BCUT2D eigenvalue weighted by Gasteiger charge is -2.16. The van der Waals surface area contributed by atoms with Crippen LogP contribution >= 0.6 is 0 Å². The Balaban J connectivity index is 2.30. The molecule has 1 amide bonds. The molecule has 2 rings (SSSR count). The number of anilines is 1. The van der Waals surface area contributed by atoms with E-state index in [2.05, 4.69) is 5.32 Å². The molecule has 2 aromatic carbocycles. The number of rotatable bonds is 6. The van der Waals surface area contributed by atoms with E-state index in [4.69, 9.17) is 4.74 Å². The van der Waals surface area contributed by atoms with Gasteiger partial charge in [0, 0.05) is 12.0 Å². The Morgan fingerprint density at radius 3 is 2.52 bits per heavy atom. The van der Waals surface area contributed by atoms with Crippen molar-refractivity contribution in [1.29, 1.82) is 0 Å². The van der Waals surface area contributed by atoms with Crippen LogP contribution in [0.15, 0.2) is 30.3 Å². The highest BCUT2D eigenvalue weighted by molar-refractivity contribution is 5.91. The highest BCUT2D eigenvalue weighted by Gasteiger charge is 2.18. The van der Waals surface area contributed by atoms with Gasteiger partial charge in [-0.3, -0.25) is 4.79 Å². The molecule has 0 unspecified atom stereocenters. The van der Waals surface area contributed by atoms with Crippen LogP contribution in [-0.4, -0.2) is 5.91 Å². The molecule has 0 aliphatic carbocycles. The fourth-order valence-electron chi connectivity index (χ4n) is 2.32. The second kappa shape index (κ2) is 8.05. The lowest BCUT2D eigenvalue weighted by Crippen LogP contribution is -2.13. The number of carbonyl (C=O) groups excluding carboxylic acids is 1. The average Bonchev–Trinajstić information content (AvgIpc) is 2.56. The molecule has 0 atom stereocenters. The molecule has 0 saturated heterocycles. The first-order valence-electron chi connectivity index (χ1n) is 7.92. The van der Waals surface area contributed by atoms with Crippen molar-refractivity contribution in [2.45, 2.75) is 40.2 Å². The van der Waals surface area contributed by atoms with Gasteiger partial charge in [-0.25, -0.2) is 13.2 Å². The molecule has 0 aliphatic heterocycles. The van der Waals surface area contributed by atoms with Crippen molar-refractivity contribution in [3.05, 3.63) is 58.4 Å². The van der Waals surface area contributed by atoms with Crippen molar-refractivity contribution < 1.29 is 22.7 Å². The summed E-state index contributed by atoms with van der Waals surface area (Å²) in [7, 11) is 0. The predicted octanol–water partition coefficient (Wildman–Crippen LogP) is 5.31. The van der Waals surface area contributed by atoms with Crippen molar-refractivity contribution in [3.8, 4) is 5.75 Å². The van der Waals surface area contributed by atoms with E-state index in [-0.39, 0.29) is 41.5 Å². The van der Waals surface area contributed by atoms with Crippen LogP contribution < -0.4 is 10.1 Å². The van der Waals surface area contributed by atoms with E-state index in [1.807, 2.05) is 0 Å². The smallest absolute Gasteiger partial charge is 0.267 e. The van der Waals surface area contributed by atoms with Gasteiger partial charge < -0.3 is 10.1 Å². The van der Waals surface area contributed by atoms with Gasteiger partial charge in [-0.1, -0.05) is 13.0 Å². The van der Waals surface area contributed by atoms with E-state index >= 15 is 0 Å². The number of ether oxygens (including phenoxy) is 1. The Morgan fingerprint density at radius 1 is 1.20 bits per heavy atom. The lowest BCUT2D eigenvalue weighted by molar-refractivity contribution is -0.115. The van der Waals surface area contributed by atoms with Crippen LogP contribution in [0.2, 0.25) is 0 Å². The number of alkyl halides is 2. The Labute approximate surface area is 144 Å². The quantitative estimate of drug-likeness (QED) is 0.766. The highest BCUT2D eigenvalue weighted by Crippen LogP contribution is 2.33. The molecule has 0 fully saturated rings.